The van der Waals surface area contributed by atoms with E-state index in [-0.39, 0.29) is 35.6 Å². The van der Waals surface area contributed by atoms with Crippen LogP contribution in [0.25, 0.3) is 0 Å². The molecule has 3 saturated carbocycles. The fourth-order valence-electron chi connectivity index (χ4n) is 9.83. The zero-order valence-electron chi connectivity index (χ0n) is 22.4. The first-order valence-corrected chi connectivity index (χ1v) is 15.3. The van der Waals surface area contributed by atoms with Gasteiger partial charge in [-0.25, -0.2) is 0 Å². The summed E-state index contributed by atoms with van der Waals surface area (Å²) in [6, 6.07) is 0. The maximum atomic E-state index is 14.3. The molecule has 3 saturated heterocycles. The molecule has 4 heterocycles. The Balaban J connectivity index is 1.43. The summed E-state index contributed by atoms with van der Waals surface area (Å²) in [4.78, 5) is 19.6. The van der Waals surface area contributed by atoms with E-state index in [0.717, 1.165) is 18.2 Å². The van der Waals surface area contributed by atoms with Gasteiger partial charge in [-0.1, -0.05) is 20.4 Å². The maximum absolute atomic E-state index is 14.3. The van der Waals surface area contributed by atoms with Gasteiger partial charge in [-0.05, 0) is 62.0 Å². The first-order valence-electron chi connectivity index (χ1n) is 13.5. The Hall–Kier alpha value is -1.34. The topological polar surface area (TPSA) is 127 Å². The number of hydrogen-bond donors (Lipinski definition) is 1. The second-order valence-corrected chi connectivity index (χ2v) is 15.0. The van der Waals surface area contributed by atoms with Gasteiger partial charge in [-0.15, -0.1) is 4.33 Å². The zero-order chi connectivity index (χ0) is 27.3. The standard InChI is InChI=1S/C27H36O10S/c1-13-15-8-9-16-25-12-32-27(26(16,19(13)28)22(15)34-24(4,5)36-27)20(29)18(25)23(2,3)11-14-7-10-17(33-21(14)25)35-37-38(6,30)31/h15-18,20,22,29H,1,7-12H2,2-6H3/t15-,16-,17-,18+,20-,22+,25-,26-,27-/m0/s1. The lowest BCUT2D eigenvalue weighted by molar-refractivity contribution is -0.527. The number of Topliss-reactive ketones (excluding diaryl/α,β-unsaturated/α-hetero) is 1. The molecule has 4 aliphatic heterocycles. The molecular formula is C27H36O10S. The zero-order valence-corrected chi connectivity index (χ0v) is 23.3. The second kappa shape index (κ2) is 7.29. The molecule has 4 aliphatic carbocycles. The van der Waals surface area contributed by atoms with Gasteiger partial charge in [0.25, 0.3) is 10.1 Å². The summed E-state index contributed by atoms with van der Waals surface area (Å²) in [5.41, 5.74) is -0.932. The number of aliphatic hydroxyl groups excluding tert-OH is 1. The van der Waals surface area contributed by atoms with Crippen molar-refractivity contribution < 1.29 is 46.5 Å². The molecule has 10 nitrogen and oxygen atoms in total. The third-order valence-corrected chi connectivity index (χ3v) is 10.8. The average Bonchev–Trinajstić information content (AvgIpc) is 2.92. The Morgan fingerprint density at radius 3 is 2.58 bits per heavy atom. The number of ketones is 1. The van der Waals surface area contributed by atoms with Crippen molar-refractivity contribution >= 4 is 15.9 Å². The van der Waals surface area contributed by atoms with Gasteiger partial charge in [0.1, 0.15) is 17.3 Å². The number of fused-ring (bicyclic) bond motifs is 1. The van der Waals surface area contributed by atoms with E-state index >= 15 is 0 Å². The van der Waals surface area contributed by atoms with Crippen molar-refractivity contribution in [2.45, 2.75) is 89.9 Å². The molecule has 0 aromatic carbocycles. The van der Waals surface area contributed by atoms with Gasteiger partial charge in [0, 0.05) is 18.3 Å². The summed E-state index contributed by atoms with van der Waals surface area (Å²) in [6.45, 7) is 12.3. The Kier molecular flexibility index (Phi) is 4.91. The Morgan fingerprint density at radius 1 is 1.13 bits per heavy atom. The molecule has 210 valence electrons. The summed E-state index contributed by atoms with van der Waals surface area (Å²) >= 11 is 0. The predicted molar refractivity (Wildman–Crippen MR) is 130 cm³/mol. The van der Waals surface area contributed by atoms with Crippen molar-refractivity contribution in [3.63, 3.8) is 0 Å². The lowest BCUT2D eigenvalue weighted by Crippen LogP contribution is -2.87. The molecule has 9 atom stereocenters. The number of aliphatic hydroxyl groups is 1. The van der Waals surface area contributed by atoms with Crippen LogP contribution in [0.1, 0.15) is 59.8 Å². The van der Waals surface area contributed by atoms with E-state index < -0.39 is 51.0 Å². The number of ether oxygens (including phenoxy) is 4. The van der Waals surface area contributed by atoms with E-state index in [2.05, 4.69) is 24.8 Å². The van der Waals surface area contributed by atoms with E-state index in [0.29, 0.717) is 37.0 Å². The van der Waals surface area contributed by atoms with E-state index in [4.69, 9.17) is 23.8 Å². The minimum absolute atomic E-state index is 0.156. The van der Waals surface area contributed by atoms with Crippen LogP contribution in [-0.4, -0.2) is 62.2 Å². The molecule has 4 bridgehead atoms. The predicted octanol–water partition coefficient (Wildman–Crippen LogP) is 2.72. The number of hydrogen-bond acceptors (Lipinski definition) is 10. The molecule has 1 N–H and O–H groups in total. The molecule has 0 radical (unpaired) electrons. The van der Waals surface area contributed by atoms with Crippen LogP contribution in [0.15, 0.2) is 23.5 Å². The normalized spacial score (nSPS) is 49.7. The van der Waals surface area contributed by atoms with Crippen LogP contribution in [0.5, 0.6) is 0 Å². The quantitative estimate of drug-likeness (QED) is 0.317. The van der Waals surface area contributed by atoms with Gasteiger partial charge in [-0.3, -0.25) is 4.79 Å². The van der Waals surface area contributed by atoms with Crippen molar-refractivity contribution in [2.75, 3.05) is 12.9 Å². The lowest BCUT2D eigenvalue weighted by atomic mass is 9.36. The van der Waals surface area contributed by atoms with Crippen molar-refractivity contribution in [3.05, 3.63) is 23.5 Å². The molecule has 0 amide bonds. The van der Waals surface area contributed by atoms with E-state index in [9.17, 15) is 18.3 Å². The highest BCUT2D eigenvalue weighted by atomic mass is 32.2. The highest BCUT2D eigenvalue weighted by Gasteiger charge is 2.90. The molecule has 0 aromatic rings. The summed E-state index contributed by atoms with van der Waals surface area (Å²) in [5.74, 6) is -3.03. The minimum atomic E-state index is -3.85. The van der Waals surface area contributed by atoms with Crippen LogP contribution in [0.3, 0.4) is 0 Å². The largest absolute Gasteiger partial charge is 0.466 e. The van der Waals surface area contributed by atoms with Crippen molar-refractivity contribution in [1.82, 2.24) is 0 Å². The first-order chi connectivity index (χ1) is 17.6. The molecule has 38 heavy (non-hydrogen) atoms. The molecule has 11 heteroatoms. The van der Waals surface area contributed by atoms with Crippen LogP contribution >= 0.6 is 0 Å². The van der Waals surface area contributed by atoms with Crippen molar-refractivity contribution in [1.29, 1.82) is 0 Å². The molecule has 8 aliphatic rings. The van der Waals surface area contributed by atoms with Gasteiger partial charge in [0.15, 0.2) is 11.6 Å². The summed E-state index contributed by atoms with van der Waals surface area (Å²) in [6.07, 6.45) is 1.37. The van der Waals surface area contributed by atoms with Crippen molar-refractivity contribution in [2.24, 2.45) is 34.0 Å². The van der Waals surface area contributed by atoms with Crippen LogP contribution < -0.4 is 0 Å². The molecule has 6 fully saturated rings. The monoisotopic (exact) mass is 552 g/mol. The summed E-state index contributed by atoms with van der Waals surface area (Å²) in [7, 11) is -3.85. The fraction of sp³-hybridized carbons (Fsp3) is 0.815. The van der Waals surface area contributed by atoms with E-state index in [1.165, 1.54) is 0 Å². The van der Waals surface area contributed by atoms with E-state index in [1.54, 1.807) is 13.8 Å². The molecular weight excluding hydrogens is 516 g/mol. The van der Waals surface area contributed by atoms with Gasteiger partial charge in [0.2, 0.25) is 12.1 Å². The molecule has 0 unspecified atom stereocenters. The Morgan fingerprint density at radius 2 is 1.87 bits per heavy atom. The van der Waals surface area contributed by atoms with Crippen LogP contribution in [0, 0.1) is 34.0 Å². The third kappa shape index (κ3) is 2.79. The molecule has 3 spiro atoms. The lowest BCUT2D eigenvalue weighted by Gasteiger charge is -2.77. The van der Waals surface area contributed by atoms with Crippen LogP contribution in [0.4, 0.5) is 0 Å². The highest BCUT2D eigenvalue weighted by Crippen LogP contribution is 2.80. The number of allylic oxidation sites excluding steroid dienone is 1. The molecule has 8 rings (SSSR count). The first kappa shape index (κ1) is 25.6. The summed E-state index contributed by atoms with van der Waals surface area (Å²) < 4.78 is 54.0. The third-order valence-electron chi connectivity index (χ3n) is 10.5. The van der Waals surface area contributed by atoms with E-state index in [1.807, 2.05) is 0 Å². The smallest absolute Gasteiger partial charge is 0.290 e. The number of carbonyl (C=O) groups is 1. The van der Waals surface area contributed by atoms with Crippen molar-refractivity contribution in [3.8, 4) is 0 Å². The molecule has 0 aromatic heterocycles. The Labute approximate surface area is 222 Å². The second-order valence-electron chi connectivity index (χ2n) is 13.5. The summed E-state index contributed by atoms with van der Waals surface area (Å²) in [5, 5.41) is 12.4. The fourth-order valence-corrected chi connectivity index (χ4v) is 10.1. The number of carbonyl (C=O) groups excluding carboxylic acids is 1. The Bertz CT molecular complexity index is 1280. The van der Waals surface area contributed by atoms with Gasteiger partial charge < -0.3 is 24.1 Å². The average molecular weight is 553 g/mol. The minimum Gasteiger partial charge on any atom is -0.466 e. The van der Waals surface area contributed by atoms with Crippen LogP contribution in [0.2, 0.25) is 0 Å². The highest BCUT2D eigenvalue weighted by molar-refractivity contribution is 7.85. The van der Waals surface area contributed by atoms with Crippen LogP contribution in [-0.2, 0) is 43.1 Å². The van der Waals surface area contributed by atoms with Gasteiger partial charge >= 0.3 is 0 Å². The number of rotatable bonds is 3. The maximum Gasteiger partial charge on any atom is 0.290 e. The SMILES string of the molecule is C=C1C(=O)[C@@]23[C@@H]4OC(C)(C)O[C@]25OC[C@]2(C6=C(CC[C@H](OOS(C)(=O)=O)O6)CC(C)(C)[C@H]2[C@@H]5O)[C@@H]3CC[C@@H]14. The van der Waals surface area contributed by atoms with Gasteiger partial charge in [-0.2, -0.15) is 13.3 Å². The van der Waals surface area contributed by atoms with Gasteiger partial charge in [0.05, 0.1) is 24.4 Å².